The SMILES string of the molecule is CC(F)C(F)(F)[SiH2]Cl. The summed E-state index contributed by atoms with van der Waals surface area (Å²) in [5.41, 5.74) is -3.22. The van der Waals surface area contributed by atoms with Crippen LogP contribution in [0.3, 0.4) is 0 Å². The van der Waals surface area contributed by atoms with Crippen molar-refractivity contribution < 1.29 is 13.2 Å². The van der Waals surface area contributed by atoms with E-state index in [2.05, 4.69) is 0 Å². The highest BCUT2D eigenvalue weighted by molar-refractivity contribution is 6.95. The highest BCUT2D eigenvalue weighted by atomic mass is 35.6. The Balaban J connectivity index is 3.71. The number of rotatable bonds is 2. The van der Waals surface area contributed by atoms with Gasteiger partial charge in [-0.3, -0.25) is 0 Å². The Morgan fingerprint density at radius 2 is 2.00 bits per heavy atom. The molecule has 0 saturated heterocycles. The van der Waals surface area contributed by atoms with Gasteiger partial charge in [-0.25, -0.2) is 13.2 Å². The van der Waals surface area contributed by atoms with Crippen molar-refractivity contribution >= 4 is 19.9 Å². The fourth-order valence-corrected chi connectivity index (χ4v) is 0.957. The highest BCUT2D eigenvalue weighted by Gasteiger charge is 2.35. The van der Waals surface area contributed by atoms with Crippen molar-refractivity contribution in [2.24, 2.45) is 0 Å². The Labute approximate surface area is 52.5 Å². The fraction of sp³-hybridized carbons (Fsp3) is 1.00. The maximum absolute atomic E-state index is 11.8. The van der Waals surface area contributed by atoms with Crippen LogP contribution in [0.1, 0.15) is 6.92 Å². The fourth-order valence-electron chi connectivity index (χ4n) is 0.106. The third-order valence-corrected chi connectivity index (χ3v) is 2.75. The quantitative estimate of drug-likeness (QED) is 0.424. The average molecular weight is 163 g/mol. The summed E-state index contributed by atoms with van der Waals surface area (Å²) in [6, 6.07) is 0. The first-order chi connectivity index (χ1) is 3.50. The van der Waals surface area contributed by atoms with Gasteiger partial charge in [-0.15, -0.1) is 0 Å². The molecule has 0 aliphatic carbocycles. The van der Waals surface area contributed by atoms with Crippen molar-refractivity contribution in [1.82, 2.24) is 0 Å². The summed E-state index contributed by atoms with van der Waals surface area (Å²) in [5.74, 6) is 0. The molecule has 0 amide bonds. The van der Waals surface area contributed by atoms with Crippen LogP contribution < -0.4 is 0 Å². The van der Waals surface area contributed by atoms with E-state index in [-0.39, 0.29) is 0 Å². The van der Waals surface area contributed by atoms with Gasteiger partial charge in [0.1, 0.15) is 0 Å². The number of alkyl halides is 3. The van der Waals surface area contributed by atoms with E-state index in [1.807, 2.05) is 0 Å². The van der Waals surface area contributed by atoms with E-state index >= 15 is 0 Å². The molecule has 0 aromatic rings. The van der Waals surface area contributed by atoms with Crippen molar-refractivity contribution in [1.29, 1.82) is 0 Å². The molecule has 1 unspecified atom stereocenters. The zero-order valence-corrected chi connectivity index (χ0v) is 6.47. The Morgan fingerprint density at radius 3 is 2.00 bits per heavy atom. The Bertz CT molecular complexity index is 74.9. The second kappa shape index (κ2) is 2.73. The predicted molar refractivity (Wildman–Crippen MR) is 29.9 cm³/mol. The average Bonchev–Trinajstić information content (AvgIpc) is 1.67. The van der Waals surface area contributed by atoms with Crippen LogP contribution in [-0.2, 0) is 0 Å². The molecule has 0 heterocycles. The van der Waals surface area contributed by atoms with E-state index in [0.29, 0.717) is 0 Å². The van der Waals surface area contributed by atoms with Crippen LogP contribution in [0.4, 0.5) is 13.2 Å². The van der Waals surface area contributed by atoms with Crippen molar-refractivity contribution in [3.05, 3.63) is 0 Å². The number of halogens is 4. The lowest BCUT2D eigenvalue weighted by atomic mass is 10.5. The van der Waals surface area contributed by atoms with Gasteiger partial charge in [-0.05, 0) is 6.92 Å². The zero-order valence-electron chi connectivity index (χ0n) is 4.30. The minimum Gasteiger partial charge on any atom is -0.242 e. The van der Waals surface area contributed by atoms with E-state index in [9.17, 15) is 13.2 Å². The van der Waals surface area contributed by atoms with Gasteiger partial charge in [0, 0.05) is 0 Å². The normalized spacial score (nSPS) is 17.6. The molecule has 0 aliphatic heterocycles. The molecule has 0 aromatic carbocycles. The van der Waals surface area contributed by atoms with E-state index in [1.165, 1.54) is 0 Å². The monoisotopic (exact) mass is 162 g/mol. The smallest absolute Gasteiger partial charge is 0.242 e. The predicted octanol–water partition coefficient (Wildman–Crippen LogP) is 1.26. The van der Waals surface area contributed by atoms with Gasteiger partial charge in [0.15, 0.2) is 6.17 Å². The largest absolute Gasteiger partial charge is 0.269 e. The zero-order chi connectivity index (χ0) is 6.78. The van der Waals surface area contributed by atoms with E-state index in [0.717, 1.165) is 6.92 Å². The first-order valence-corrected chi connectivity index (χ1v) is 4.93. The number of hydrogen-bond donors (Lipinski definition) is 0. The molecule has 0 saturated carbocycles. The van der Waals surface area contributed by atoms with E-state index in [1.54, 1.807) is 0 Å². The molecule has 0 N–H and O–H groups in total. The summed E-state index contributed by atoms with van der Waals surface area (Å²) in [7, 11) is -2.04. The summed E-state index contributed by atoms with van der Waals surface area (Å²) in [6.45, 7) is 0.815. The van der Waals surface area contributed by atoms with E-state index in [4.69, 9.17) is 11.1 Å². The summed E-state index contributed by atoms with van der Waals surface area (Å²) in [6.07, 6.45) is -2.09. The lowest BCUT2D eigenvalue weighted by Gasteiger charge is -2.12. The second-order valence-electron chi connectivity index (χ2n) is 1.51. The molecule has 0 radical (unpaired) electrons. The molecule has 0 bridgehead atoms. The van der Waals surface area contributed by atoms with Crippen molar-refractivity contribution in [2.45, 2.75) is 18.6 Å². The Morgan fingerprint density at radius 1 is 1.62 bits per heavy atom. The molecule has 50 valence electrons. The Kier molecular flexibility index (Phi) is 2.83. The van der Waals surface area contributed by atoms with Gasteiger partial charge in [-0.1, -0.05) is 0 Å². The standard InChI is InChI=1S/C3H6ClF3Si/c1-2(5)3(6,7)8-4/h2H,8H2,1H3. The third kappa shape index (κ3) is 2.04. The maximum Gasteiger partial charge on any atom is 0.269 e. The molecule has 0 rings (SSSR count). The molecule has 0 aromatic heterocycles. The van der Waals surface area contributed by atoms with Gasteiger partial charge < -0.3 is 0 Å². The van der Waals surface area contributed by atoms with Gasteiger partial charge in [0.2, 0.25) is 8.83 Å². The lowest BCUT2D eigenvalue weighted by molar-refractivity contribution is 0.0138. The molecule has 0 nitrogen and oxygen atoms in total. The molecular weight excluding hydrogens is 157 g/mol. The first kappa shape index (κ1) is 8.30. The highest BCUT2D eigenvalue weighted by Crippen LogP contribution is 2.20. The maximum atomic E-state index is 11.8. The topological polar surface area (TPSA) is 0 Å². The summed E-state index contributed by atoms with van der Waals surface area (Å²) in [5, 5.41) is 0. The molecule has 0 aliphatic rings. The van der Waals surface area contributed by atoms with Crippen LogP contribution in [-0.4, -0.2) is 20.5 Å². The minimum absolute atomic E-state index is 0.815. The van der Waals surface area contributed by atoms with Crippen molar-refractivity contribution in [3.8, 4) is 0 Å². The van der Waals surface area contributed by atoms with Gasteiger partial charge in [0.25, 0.3) is 5.55 Å². The van der Waals surface area contributed by atoms with E-state index < -0.39 is 20.5 Å². The molecule has 1 atom stereocenters. The molecular formula is C3H6ClF3Si. The summed E-state index contributed by atoms with van der Waals surface area (Å²) >= 11 is 4.84. The third-order valence-electron chi connectivity index (χ3n) is 0.760. The van der Waals surface area contributed by atoms with Crippen LogP contribution >= 0.6 is 11.1 Å². The van der Waals surface area contributed by atoms with Crippen LogP contribution in [0.2, 0.25) is 0 Å². The van der Waals surface area contributed by atoms with Crippen LogP contribution in [0, 0.1) is 0 Å². The van der Waals surface area contributed by atoms with Crippen molar-refractivity contribution in [3.63, 3.8) is 0 Å². The van der Waals surface area contributed by atoms with Gasteiger partial charge in [0.05, 0.1) is 0 Å². The Hall–Kier alpha value is 0.297. The van der Waals surface area contributed by atoms with Gasteiger partial charge in [-0.2, -0.15) is 11.1 Å². The van der Waals surface area contributed by atoms with Crippen molar-refractivity contribution in [2.75, 3.05) is 0 Å². The molecule has 8 heavy (non-hydrogen) atoms. The summed E-state index contributed by atoms with van der Waals surface area (Å²) in [4.78, 5) is 0. The summed E-state index contributed by atoms with van der Waals surface area (Å²) < 4.78 is 35.3. The second-order valence-corrected chi connectivity index (χ2v) is 3.52. The van der Waals surface area contributed by atoms with Crippen LogP contribution in [0.5, 0.6) is 0 Å². The number of hydrogen-bond acceptors (Lipinski definition) is 0. The van der Waals surface area contributed by atoms with Crippen LogP contribution in [0.15, 0.2) is 0 Å². The molecule has 0 spiro atoms. The molecule has 5 heteroatoms. The lowest BCUT2D eigenvalue weighted by Crippen LogP contribution is -2.31. The van der Waals surface area contributed by atoms with Gasteiger partial charge >= 0.3 is 0 Å². The first-order valence-electron chi connectivity index (χ1n) is 2.08. The minimum atomic E-state index is -3.22. The van der Waals surface area contributed by atoms with Crippen LogP contribution in [0.25, 0.3) is 0 Å². The molecule has 0 fully saturated rings.